The van der Waals surface area contributed by atoms with E-state index in [2.05, 4.69) is 24.8 Å². The predicted molar refractivity (Wildman–Crippen MR) is 77.2 cm³/mol. The molecule has 90 valence electrons. The Bertz CT molecular complexity index is 442. The lowest BCUT2D eigenvalue weighted by atomic mass is 10.0. The van der Waals surface area contributed by atoms with Crippen LogP contribution in [0.3, 0.4) is 0 Å². The van der Waals surface area contributed by atoms with Crippen molar-refractivity contribution >= 4 is 25.0 Å². The van der Waals surface area contributed by atoms with E-state index >= 15 is 0 Å². The van der Waals surface area contributed by atoms with Crippen LogP contribution in [-0.2, 0) is 6.42 Å². The SMILES string of the molecule is Cl.Oc1ccc(C(S)Cc2ccccc2)cc1. The van der Waals surface area contributed by atoms with Gasteiger partial charge in [-0.15, -0.1) is 12.4 Å². The van der Waals surface area contributed by atoms with Crippen LogP contribution >= 0.6 is 25.0 Å². The summed E-state index contributed by atoms with van der Waals surface area (Å²) in [6, 6.07) is 17.5. The summed E-state index contributed by atoms with van der Waals surface area (Å²) in [5.74, 6) is 0.295. The Hall–Kier alpha value is -1.12. The fraction of sp³-hybridized carbons (Fsp3) is 0.143. The zero-order valence-corrected chi connectivity index (χ0v) is 11.0. The summed E-state index contributed by atoms with van der Waals surface area (Å²) in [6.07, 6.45) is 0.898. The molecular weight excluding hydrogens is 252 g/mol. The van der Waals surface area contributed by atoms with E-state index in [1.807, 2.05) is 30.3 Å². The van der Waals surface area contributed by atoms with E-state index in [-0.39, 0.29) is 17.7 Å². The molecule has 1 unspecified atom stereocenters. The van der Waals surface area contributed by atoms with Crippen LogP contribution in [0.2, 0.25) is 0 Å². The number of aromatic hydroxyl groups is 1. The molecule has 17 heavy (non-hydrogen) atoms. The molecule has 1 nitrogen and oxygen atoms in total. The van der Waals surface area contributed by atoms with Crippen molar-refractivity contribution < 1.29 is 5.11 Å². The number of benzene rings is 2. The number of hydrogen-bond donors (Lipinski definition) is 2. The Labute approximate surface area is 113 Å². The summed E-state index contributed by atoms with van der Waals surface area (Å²) in [5.41, 5.74) is 2.40. The lowest BCUT2D eigenvalue weighted by molar-refractivity contribution is 0.475. The summed E-state index contributed by atoms with van der Waals surface area (Å²) < 4.78 is 0. The molecule has 0 aliphatic heterocycles. The minimum Gasteiger partial charge on any atom is -0.508 e. The van der Waals surface area contributed by atoms with Gasteiger partial charge in [-0.3, -0.25) is 0 Å². The van der Waals surface area contributed by atoms with Gasteiger partial charge in [-0.05, 0) is 29.7 Å². The van der Waals surface area contributed by atoms with Crippen LogP contribution < -0.4 is 0 Å². The van der Waals surface area contributed by atoms with E-state index < -0.39 is 0 Å². The molecule has 0 aliphatic rings. The van der Waals surface area contributed by atoms with E-state index in [0.29, 0.717) is 5.75 Å². The number of halogens is 1. The summed E-state index contributed by atoms with van der Waals surface area (Å²) in [7, 11) is 0. The van der Waals surface area contributed by atoms with Crippen LogP contribution in [0.15, 0.2) is 54.6 Å². The minimum atomic E-state index is 0. The molecule has 0 spiro atoms. The minimum absolute atomic E-state index is 0. The molecule has 0 saturated heterocycles. The molecule has 0 bridgehead atoms. The van der Waals surface area contributed by atoms with Crippen LogP contribution in [0.4, 0.5) is 0 Å². The highest BCUT2D eigenvalue weighted by atomic mass is 35.5. The Kier molecular flexibility index (Phi) is 5.39. The van der Waals surface area contributed by atoms with Crippen molar-refractivity contribution in [2.45, 2.75) is 11.7 Å². The summed E-state index contributed by atoms with van der Waals surface area (Å²) in [5, 5.41) is 9.37. The standard InChI is InChI=1S/C14H14OS.ClH/c15-13-8-6-12(7-9-13)14(16)10-11-4-2-1-3-5-11;/h1-9,14-16H,10H2;1H. The molecule has 0 saturated carbocycles. The molecule has 1 N–H and O–H groups in total. The van der Waals surface area contributed by atoms with Crippen LogP contribution in [0.1, 0.15) is 16.4 Å². The van der Waals surface area contributed by atoms with Crippen LogP contribution in [0.25, 0.3) is 0 Å². The van der Waals surface area contributed by atoms with Gasteiger partial charge in [-0.2, -0.15) is 12.6 Å². The molecule has 2 aromatic rings. The van der Waals surface area contributed by atoms with Crippen molar-refractivity contribution in [3.8, 4) is 5.75 Å². The first-order valence-corrected chi connectivity index (χ1v) is 5.78. The molecule has 2 rings (SSSR count). The van der Waals surface area contributed by atoms with E-state index in [1.54, 1.807) is 12.1 Å². The molecule has 3 heteroatoms. The number of hydrogen-bond acceptors (Lipinski definition) is 2. The van der Waals surface area contributed by atoms with Crippen molar-refractivity contribution in [1.82, 2.24) is 0 Å². The zero-order chi connectivity index (χ0) is 11.4. The molecule has 0 aliphatic carbocycles. The number of thiol groups is 1. The second kappa shape index (κ2) is 6.58. The average Bonchev–Trinajstić information content (AvgIpc) is 2.31. The van der Waals surface area contributed by atoms with Crippen molar-refractivity contribution in [2.75, 3.05) is 0 Å². The summed E-state index contributed by atoms with van der Waals surface area (Å²) in [6.45, 7) is 0. The number of phenols is 1. The first-order chi connectivity index (χ1) is 7.75. The van der Waals surface area contributed by atoms with E-state index in [9.17, 15) is 5.11 Å². The maximum Gasteiger partial charge on any atom is 0.115 e. The van der Waals surface area contributed by atoms with Gasteiger partial charge in [0.25, 0.3) is 0 Å². The van der Waals surface area contributed by atoms with Crippen molar-refractivity contribution in [1.29, 1.82) is 0 Å². The molecule has 0 heterocycles. The monoisotopic (exact) mass is 266 g/mol. The van der Waals surface area contributed by atoms with Gasteiger partial charge in [0.1, 0.15) is 5.75 Å². The van der Waals surface area contributed by atoms with Crippen LogP contribution in [0.5, 0.6) is 5.75 Å². The molecule has 1 atom stereocenters. The fourth-order valence-corrected chi connectivity index (χ4v) is 2.03. The van der Waals surface area contributed by atoms with Gasteiger partial charge in [0, 0.05) is 5.25 Å². The summed E-state index contributed by atoms with van der Waals surface area (Å²) in [4.78, 5) is 0. The van der Waals surface area contributed by atoms with Gasteiger partial charge < -0.3 is 5.11 Å². The highest BCUT2D eigenvalue weighted by Gasteiger charge is 2.06. The predicted octanol–water partition coefficient (Wildman–Crippen LogP) is 4.03. The molecule has 2 aromatic carbocycles. The normalized spacial score (nSPS) is 11.6. The second-order valence-electron chi connectivity index (χ2n) is 3.80. The van der Waals surface area contributed by atoms with Crippen molar-refractivity contribution in [2.24, 2.45) is 0 Å². The molecule has 0 radical (unpaired) electrons. The lowest BCUT2D eigenvalue weighted by Gasteiger charge is -2.11. The molecule has 0 aromatic heterocycles. The third kappa shape index (κ3) is 3.99. The lowest BCUT2D eigenvalue weighted by Crippen LogP contribution is -1.95. The third-order valence-electron chi connectivity index (χ3n) is 2.55. The summed E-state index contributed by atoms with van der Waals surface area (Å²) >= 11 is 4.58. The van der Waals surface area contributed by atoms with E-state index in [4.69, 9.17) is 0 Å². The molecular formula is C14H15ClOS. The fourth-order valence-electron chi connectivity index (χ4n) is 1.65. The Morgan fingerprint density at radius 2 is 1.53 bits per heavy atom. The van der Waals surface area contributed by atoms with Crippen LogP contribution in [0, 0.1) is 0 Å². The quantitative estimate of drug-likeness (QED) is 0.804. The topological polar surface area (TPSA) is 20.2 Å². The second-order valence-corrected chi connectivity index (χ2v) is 4.42. The van der Waals surface area contributed by atoms with Gasteiger partial charge in [0.05, 0.1) is 0 Å². The Morgan fingerprint density at radius 1 is 0.941 bits per heavy atom. The van der Waals surface area contributed by atoms with E-state index in [0.717, 1.165) is 12.0 Å². The van der Waals surface area contributed by atoms with Gasteiger partial charge in [0.2, 0.25) is 0 Å². The van der Waals surface area contributed by atoms with E-state index in [1.165, 1.54) is 5.56 Å². The molecule has 0 amide bonds. The average molecular weight is 267 g/mol. The van der Waals surface area contributed by atoms with Gasteiger partial charge >= 0.3 is 0 Å². The van der Waals surface area contributed by atoms with Gasteiger partial charge in [-0.1, -0.05) is 42.5 Å². The highest BCUT2D eigenvalue weighted by molar-refractivity contribution is 7.80. The van der Waals surface area contributed by atoms with Crippen molar-refractivity contribution in [3.05, 3.63) is 65.7 Å². The smallest absolute Gasteiger partial charge is 0.115 e. The van der Waals surface area contributed by atoms with Gasteiger partial charge in [-0.25, -0.2) is 0 Å². The number of rotatable bonds is 3. The zero-order valence-electron chi connectivity index (χ0n) is 9.28. The number of phenolic OH excluding ortho intramolecular Hbond substituents is 1. The molecule has 0 fully saturated rings. The van der Waals surface area contributed by atoms with Gasteiger partial charge in [0.15, 0.2) is 0 Å². The third-order valence-corrected chi connectivity index (χ3v) is 3.03. The Morgan fingerprint density at radius 3 is 2.12 bits per heavy atom. The first kappa shape index (κ1) is 13.9. The van der Waals surface area contributed by atoms with Crippen molar-refractivity contribution in [3.63, 3.8) is 0 Å². The largest absolute Gasteiger partial charge is 0.508 e. The maximum atomic E-state index is 9.20. The maximum absolute atomic E-state index is 9.20. The first-order valence-electron chi connectivity index (χ1n) is 5.26. The van der Waals surface area contributed by atoms with Crippen LogP contribution in [-0.4, -0.2) is 5.11 Å². The highest BCUT2D eigenvalue weighted by Crippen LogP contribution is 2.25. The Balaban J connectivity index is 0.00000144.